The molecule has 0 aliphatic heterocycles. The quantitative estimate of drug-likeness (QED) is 0.324. The number of hydrogen-bond donors (Lipinski definition) is 1. The molecule has 1 unspecified atom stereocenters. The molecule has 1 N–H and O–H groups in total. The van der Waals surface area contributed by atoms with Crippen LogP contribution in [0.5, 0.6) is 0 Å². The Bertz CT molecular complexity index is 959. The molecule has 0 radical (unpaired) electrons. The average molecular weight is 579 g/mol. The van der Waals surface area contributed by atoms with E-state index in [1.54, 1.807) is 0 Å². The molecule has 0 saturated carbocycles. The van der Waals surface area contributed by atoms with Gasteiger partial charge >= 0.3 is 0 Å². The van der Waals surface area contributed by atoms with Crippen LogP contribution in [0.4, 0.5) is 5.69 Å². The summed E-state index contributed by atoms with van der Waals surface area (Å²) in [5, 5.41) is 3.84. The van der Waals surface area contributed by atoms with Crippen molar-refractivity contribution < 1.29 is 25.8 Å². The van der Waals surface area contributed by atoms with Gasteiger partial charge in [-0.05, 0) is 64.6 Å². The van der Waals surface area contributed by atoms with Gasteiger partial charge in [0.05, 0.1) is 11.7 Å². The molecule has 0 fully saturated rings. The third kappa shape index (κ3) is 6.16. The molecule has 0 aliphatic rings. The van der Waals surface area contributed by atoms with E-state index in [0.717, 1.165) is 5.69 Å². The summed E-state index contributed by atoms with van der Waals surface area (Å²) >= 11 is 0. The minimum Gasteiger partial charge on any atom is -0.372 e. The van der Waals surface area contributed by atoms with Crippen molar-refractivity contribution in [2.75, 3.05) is 5.32 Å². The number of aryl methyl sites for hydroxylation is 2. The van der Waals surface area contributed by atoms with Crippen molar-refractivity contribution in [2.45, 2.75) is 72.3 Å². The van der Waals surface area contributed by atoms with Crippen molar-refractivity contribution in [3.63, 3.8) is 0 Å². The van der Waals surface area contributed by atoms with Crippen molar-refractivity contribution in [3.8, 4) is 0 Å². The van der Waals surface area contributed by atoms with Crippen LogP contribution in [0.15, 0.2) is 60.8 Å². The van der Waals surface area contributed by atoms with Crippen LogP contribution >= 0.6 is 0 Å². The first-order chi connectivity index (χ1) is 14.0. The molecule has 0 spiro atoms. The number of aromatic nitrogens is 1. The van der Waals surface area contributed by atoms with Gasteiger partial charge in [-0.15, -0.1) is 0 Å². The number of pyridine rings is 1. The number of nitrogens with one attached hydrogen (secondary N) is 1. The Morgan fingerprint density at radius 2 is 1.29 bits per heavy atom. The van der Waals surface area contributed by atoms with E-state index in [0.29, 0.717) is 0 Å². The first-order valence-corrected chi connectivity index (χ1v) is 10.9. The maximum Gasteiger partial charge on any atom is 0.0940 e. The number of para-hydroxylation sites is 1. The molecular formula is C28H36HfN2. The molecule has 3 rings (SSSR count). The van der Waals surface area contributed by atoms with Crippen LogP contribution in [0.2, 0.25) is 0 Å². The van der Waals surface area contributed by atoms with E-state index < -0.39 is 0 Å². The van der Waals surface area contributed by atoms with Crippen LogP contribution in [-0.4, -0.2) is 4.98 Å². The van der Waals surface area contributed by atoms with Crippen molar-refractivity contribution in [2.24, 2.45) is 0 Å². The zero-order chi connectivity index (χ0) is 22.1. The normalized spacial score (nSPS) is 12.8. The van der Waals surface area contributed by atoms with Crippen LogP contribution in [-0.2, 0) is 36.7 Å². The standard InChI is InChI=1S/C28H36N2.Hf/c1-19-12-11-13-20(2)25(19)30-26(24-14-9-10-15-29-24)21-16-22(27(3,4)5)18-23(17-21)28(6,7)8;/h9-18,26,30H,1-8H3;. The molecule has 2 nitrogen and oxygen atoms in total. The Hall–Kier alpha value is -1.74. The van der Waals surface area contributed by atoms with E-state index in [1.165, 1.54) is 33.5 Å². The molecule has 3 heteroatoms. The number of anilines is 1. The Balaban J connectivity index is 0.00000341. The van der Waals surface area contributed by atoms with Crippen molar-refractivity contribution in [3.05, 3.63) is 94.3 Å². The molecule has 31 heavy (non-hydrogen) atoms. The maximum atomic E-state index is 4.73. The third-order valence-electron chi connectivity index (χ3n) is 5.77. The SMILES string of the molecule is Cc1cccc(C)c1NC(c1cc(C(C)(C)C)cc(C(C)(C)C)c1)c1ccccn1.[Hf]. The fourth-order valence-corrected chi connectivity index (χ4v) is 3.75. The van der Waals surface area contributed by atoms with Gasteiger partial charge in [0.25, 0.3) is 0 Å². The van der Waals surface area contributed by atoms with Gasteiger partial charge < -0.3 is 5.32 Å². The van der Waals surface area contributed by atoms with Gasteiger partial charge in [-0.1, -0.05) is 84.0 Å². The van der Waals surface area contributed by atoms with E-state index in [9.17, 15) is 0 Å². The minimum atomic E-state index is -0.0191. The first-order valence-electron chi connectivity index (χ1n) is 10.9. The van der Waals surface area contributed by atoms with Crippen LogP contribution in [0.25, 0.3) is 0 Å². The summed E-state index contributed by atoms with van der Waals surface area (Å²) in [6, 6.07) is 19.7. The predicted molar refractivity (Wildman–Crippen MR) is 129 cm³/mol. The molecule has 0 saturated heterocycles. The molecule has 0 amide bonds. The van der Waals surface area contributed by atoms with E-state index in [1.807, 2.05) is 12.3 Å². The topological polar surface area (TPSA) is 24.9 Å². The van der Waals surface area contributed by atoms with Gasteiger partial charge in [-0.25, -0.2) is 0 Å². The number of nitrogens with zero attached hydrogens (tertiary/aromatic N) is 1. The zero-order valence-electron chi connectivity index (χ0n) is 20.3. The second kappa shape index (κ2) is 9.81. The summed E-state index contributed by atoms with van der Waals surface area (Å²) in [6.45, 7) is 18.0. The molecule has 1 heterocycles. The smallest absolute Gasteiger partial charge is 0.0940 e. The molecule has 3 aromatic rings. The van der Waals surface area contributed by atoms with E-state index in [2.05, 4.69) is 109 Å². The summed E-state index contributed by atoms with van der Waals surface area (Å²) in [6.07, 6.45) is 1.88. The average Bonchev–Trinajstić information content (AvgIpc) is 2.67. The molecule has 162 valence electrons. The van der Waals surface area contributed by atoms with Crippen LogP contribution < -0.4 is 5.32 Å². The molecule has 2 aromatic carbocycles. The predicted octanol–water partition coefficient (Wildman–Crippen LogP) is 7.49. The summed E-state index contributed by atoms with van der Waals surface area (Å²) in [5.41, 5.74) is 8.83. The zero-order valence-corrected chi connectivity index (χ0v) is 23.9. The molecular weight excluding hydrogens is 543 g/mol. The summed E-state index contributed by atoms with van der Waals surface area (Å²) < 4.78 is 0. The molecule has 1 aromatic heterocycles. The van der Waals surface area contributed by atoms with Gasteiger partial charge in [0.15, 0.2) is 0 Å². The van der Waals surface area contributed by atoms with E-state index in [4.69, 9.17) is 4.98 Å². The Labute approximate surface area is 207 Å². The largest absolute Gasteiger partial charge is 0.372 e. The van der Waals surface area contributed by atoms with Crippen LogP contribution in [0.1, 0.15) is 81.1 Å². The molecule has 0 bridgehead atoms. The Kier molecular flexibility index (Phi) is 8.08. The third-order valence-corrected chi connectivity index (χ3v) is 5.77. The Morgan fingerprint density at radius 3 is 1.74 bits per heavy atom. The van der Waals surface area contributed by atoms with Crippen molar-refractivity contribution >= 4 is 5.69 Å². The van der Waals surface area contributed by atoms with Crippen molar-refractivity contribution in [1.82, 2.24) is 4.98 Å². The van der Waals surface area contributed by atoms with Gasteiger partial charge in [-0.3, -0.25) is 4.98 Å². The monoisotopic (exact) mass is 580 g/mol. The van der Waals surface area contributed by atoms with Gasteiger partial charge in [0.1, 0.15) is 0 Å². The van der Waals surface area contributed by atoms with Gasteiger partial charge in [-0.2, -0.15) is 0 Å². The van der Waals surface area contributed by atoms with Gasteiger partial charge in [0, 0.05) is 37.7 Å². The maximum absolute atomic E-state index is 4.73. The fraction of sp³-hybridized carbons (Fsp3) is 0.393. The van der Waals surface area contributed by atoms with Crippen molar-refractivity contribution in [1.29, 1.82) is 0 Å². The summed E-state index contributed by atoms with van der Waals surface area (Å²) in [4.78, 5) is 4.73. The molecule has 0 aliphatic carbocycles. The fourth-order valence-electron chi connectivity index (χ4n) is 3.75. The van der Waals surface area contributed by atoms with Gasteiger partial charge in [0.2, 0.25) is 0 Å². The second-order valence-electron chi connectivity index (χ2n) is 10.4. The Morgan fingerprint density at radius 1 is 0.742 bits per heavy atom. The van der Waals surface area contributed by atoms with E-state index in [-0.39, 0.29) is 42.7 Å². The first kappa shape index (κ1) is 25.5. The van der Waals surface area contributed by atoms with Crippen LogP contribution in [0, 0.1) is 13.8 Å². The second-order valence-corrected chi connectivity index (χ2v) is 10.4. The number of benzene rings is 2. The van der Waals surface area contributed by atoms with Crippen LogP contribution in [0.3, 0.4) is 0 Å². The summed E-state index contributed by atoms with van der Waals surface area (Å²) in [5.74, 6) is 0. The van der Waals surface area contributed by atoms with E-state index >= 15 is 0 Å². The minimum absolute atomic E-state index is 0. The summed E-state index contributed by atoms with van der Waals surface area (Å²) in [7, 11) is 0. The number of hydrogen-bond acceptors (Lipinski definition) is 2. The molecule has 1 atom stereocenters. The number of rotatable bonds is 4.